The molecule has 0 aromatic heterocycles. The zero-order chi connectivity index (χ0) is 20.0. The summed E-state index contributed by atoms with van der Waals surface area (Å²) < 4.78 is 0. The molecule has 0 N–H and O–H groups in total. The van der Waals surface area contributed by atoms with E-state index in [1.54, 1.807) is 0 Å². The highest BCUT2D eigenvalue weighted by atomic mass is 35.5. The molecule has 0 spiro atoms. The topological polar surface area (TPSA) is 15.6 Å². The Balaban J connectivity index is 1.60. The van der Waals surface area contributed by atoms with Crippen LogP contribution in [0.1, 0.15) is 30.4 Å². The van der Waals surface area contributed by atoms with Gasteiger partial charge in [0.25, 0.3) is 0 Å². The van der Waals surface area contributed by atoms with Crippen LogP contribution >= 0.6 is 23.2 Å². The lowest BCUT2D eigenvalue weighted by atomic mass is 9.86. The molecule has 1 aliphatic carbocycles. The van der Waals surface area contributed by atoms with Gasteiger partial charge in [-0.2, -0.15) is 0 Å². The van der Waals surface area contributed by atoms with Crippen molar-refractivity contribution in [3.8, 4) is 0 Å². The fraction of sp³-hybridized carbons (Fsp3) is 0.240. The average Bonchev–Trinajstić information content (AvgIpc) is 2.77. The van der Waals surface area contributed by atoms with Gasteiger partial charge in [0, 0.05) is 29.8 Å². The summed E-state index contributed by atoms with van der Waals surface area (Å²) in [4.78, 5) is 7.27. The third-order valence-electron chi connectivity index (χ3n) is 6.05. The number of hydrogen-bond acceptors (Lipinski definition) is 2. The highest BCUT2D eigenvalue weighted by Gasteiger charge is 2.30. The lowest BCUT2D eigenvalue weighted by Crippen LogP contribution is -2.29. The van der Waals surface area contributed by atoms with E-state index in [9.17, 15) is 0 Å². The van der Waals surface area contributed by atoms with E-state index in [1.165, 1.54) is 34.0 Å². The van der Waals surface area contributed by atoms with Crippen LogP contribution in [0.25, 0.3) is 10.8 Å². The van der Waals surface area contributed by atoms with Gasteiger partial charge < -0.3 is 4.90 Å². The van der Waals surface area contributed by atoms with Gasteiger partial charge in [-0.25, -0.2) is 0 Å². The summed E-state index contributed by atoms with van der Waals surface area (Å²) in [5.74, 6) is 0. The van der Waals surface area contributed by atoms with E-state index in [-0.39, 0.29) is 6.04 Å². The number of allylic oxidation sites excluding steroid dienone is 1. The molecule has 146 valence electrons. The molecule has 4 heteroatoms. The SMILES string of the molecule is CN1C(=C2CCC2)C(Cc2ccc3ccccc3c2)N=C(Cl)c2cc(Cl)ccc21. The Morgan fingerprint density at radius 2 is 1.76 bits per heavy atom. The number of nitrogens with zero attached hydrogens (tertiary/aromatic N) is 2. The van der Waals surface area contributed by atoms with Gasteiger partial charge in [-0.3, -0.25) is 4.99 Å². The predicted molar refractivity (Wildman–Crippen MR) is 125 cm³/mol. The Morgan fingerprint density at radius 1 is 0.966 bits per heavy atom. The standard InChI is InChI=1S/C25H22Cl2N2/c1-29-23-12-11-20(26)15-21(23)25(27)28-22(24(29)18-7-4-8-18)14-16-9-10-17-5-2-3-6-19(17)13-16/h2-3,5-6,9-13,15,22H,4,7-8,14H2,1H3. The normalized spacial score (nSPS) is 18.9. The van der Waals surface area contributed by atoms with Gasteiger partial charge in [-0.1, -0.05) is 65.7 Å². The largest absolute Gasteiger partial charge is 0.346 e. The summed E-state index contributed by atoms with van der Waals surface area (Å²) >= 11 is 13.0. The van der Waals surface area contributed by atoms with Crippen molar-refractivity contribution in [1.82, 2.24) is 0 Å². The zero-order valence-electron chi connectivity index (χ0n) is 16.3. The van der Waals surface area contributed by atoms with Crippen molar-refractivity contribution in [3.63, 3.8) is 0 Å². The maximum absolute atomic E-state index is 6.72. The number of rotatable bonds is 2. The Morgan fingerprint density at radius 3 is 2.52 bits per heavy atom. The van der Waals surface area contributed by atoms with Crippen LogP contribution in [0.3, 0.4) is 0 Å². The molecule has 3 aromatic rings. The second-order valence-corrected chi connectivity index (χ2v) is 8.68. The molecule has 1 unspecified atom stereocenters. The highest BCUT2D eigenvalue weighted by Crippen LogP contribution is 2.39. The monoisotopic (exact) mass is 420 g/mol. The van der Waals surface area contributed by atoms with E-state index in [1.807, 2.05) is 18.2 Å². The lowest BCUT2D eigenvalue weighted by Gasteiger charge is -2.32. The van der Waals surface area contributed by atoms with E-state index < -0.39 is 0 Å². The number of hydrogen-bond donors (Lipinski definition) is 0. The summed E-state index contributed by atoms with van der Waals surface area (Å²) in [6, 6.07) is 21.0. The molecule has 1 atom stereocenters. The van der Waals surface area contributed by atoms with E-state index in [0.717, 1.165) is 30.5 Å². The molecule has 3 aromatic carbocycles. The van der Waals surface area contributed by atoms with Gasteiger partial charge in [0.05, 0.1) is 11.7 Å². The average molecular weight is 421 g/mol. The van der Waals surface area contributed by atoms with Crippen LogP contribution in [0, 0.1) is 0 Å². The van der Waals surface area contributed by atoms with Crippen molar-refractivity contribution >= 4 is 44.8 Å². The van der Waals surface area contributed by atoms with Crippen molar-refractivity contribution < 1.29 is 0 Å². The number of anilines is 1. The Labute approximate surface area is 181 Å². The molecule has 0 bridgehead atoms. The maximum atomic E-state index is 6.72. The molecule has 0 saturated heterocycles. The molecule has 1 saturated carbocycles. The minimum atomic E-state index is -0.00450. The van der Waals surface area contributed by atoms with Crippen LogP contribution in [0.5, 0.6) is 0 Å². The van der Waals surface area contributed by atoms with Gasteiger partial charge in [-0.05, 0) is 59.4 Å². The Kier molecular flexibility index (Phi) is 4.85. The molecule has 5 rings (SSSR count). The molecule has 0 radical (unpaired) electrons. The van der Waals surface area contributed by atoms with Crippen molar-refractivity contribution in [1.29, 1.82) is 0 Å². The quantitative estimate of drug-likeness (QED) is 0.436. The predicted octanol–water partition coefficient (Wildman–Crippen LogP) is 6.98. The van der Waals surface area contributed by atoms with E-state index in [2.05, 4.69) is 54.4 Å². The molecule has 1 heterocycles. The molecular weight excluding hydrogens is 399 g/mol. The zero-order valence-corrected chi connectivity index (χ0v) is 17.8. The van der Waals surface area contributed by atoms with Gasteiger partial charge in [-0.15, -0.1) is 0 Å². The number of halogens is 2. The van der Waals surface area contributed by atoms with Gasteiger partial charge in [0.15, 0.2) is 0 Å². The summed E-state index contributed by atoms with van der Waals surface area (Å²) in [7, 11) is 2.13. The number of fused-ring (bicyclic) bond motifs is 2. The number of aliphatic imine (C=N–C) groups is 1. The molecule has 2 nitrogen and oxygen atoms in total. The fourth-order valence-electron chi connectivity index (χ4n) is 4.40. The van der Waals surface area contributed by atoms with Crippen molar-refractivity contribution in [2.45, 2.75) is 31.7 Å². The van der Waals surface area contributed by atoms with Crippen LogP contribution in [0.15, 0.2) is 76.9 Å². The molecule has 2 aliphatic rings. The smallest absolute Gasteiger partial charge is 0.133 e. The molecule has 29 heavy (non-hydrogen) atoms. The first-order valence-corrected chi connectivity index (χ1v) is 10.8. The van der Waals surface area contributed by atoms with Crippen LogP contribution in [-0.4, -0.2) is 18.3 Å². The van der Waals surface area contributed by atoms with Crippen LogP contribution in [0.2, 0.25) is 5.02 Å². The highest BCUT2D eigenvalue weighted by molar-refractivity contribution is 6.70. The summed E-state index contributed by atoms with van der Waals surface area (Å²) in [6.45, 7) is 0. The number of benzene rings is 3. The third kappa shape index (κ3) is 3.45. The first-order chi connectivity index (χ1) is 14.1. The van der Waals surface area contributed by atoms with Crippen molar-refractivity contribution in [3.05, 3.63) is 88.1 Å². The van der Waals surface area contributed by atoms with Crippen LogP contribution in [0.4, 0.5) is 5.69 Å². The molecular formula is C25H22Cl2N2. The second-order valence-electron chi connectivity index (χ2n) is 7.88. The molecule has 0 amide bonds. The third-order valence-corrected chi connectivity index (χ3v) is 6.59. The lowest BCUT2D eigenvalue weighted by molar-refractivity contribution is 0.614. The fourth-order valence-corrected chi connectivity index (χ4v) is 4.84. The van der Waals surface area contributed by atoms with Crippen molar-refractivity contribution in [2.75, 3.05) is 11.9 Å². The van der Waals surface area contributed by atoms with Gasteiger partial charge >= 0.3 is 0 Å². The molecule has 1 aliphatic heterocycles. The Bertz CT molecular complexity index is 1160. The minimum absolute atomic E-state index is 0.00450. The second kappa shape index (κ2) is 7.51. The van der Waals surface area contributed by atoms with Crippen LogP contribution < -0.4 is 4.90 Å². The number of benzodiazepines with no additional fused rings is 1. The van der Waals surface area contributed by atoms with Crippen molar-refractivity contribution in [2.24, 2.45) is 4.99 Å². The van der Waals surface area contributed by atoms with Gasteiger partial charge in [0.2, 0.25) is 0 Å². The first kappa shape index (κ1) is 18.7. The van der Waals surface area contributed by atoms with Crippen LogP contribution in [-0.2, 0) is 6.42 Å². The first-order valence-electron chi connectivity index (χ1n) is 10.1. The summed E-state index contributed by atoms with van der Waals surface area (Å²) in [6.07, 6.45) is 4.36. The van der Waals surface area contributed by atoms with Gasteiger partial charge in [0.1, 0.15) is 5.17 Å². The van der Waals surface area contributed by atoms with E-state index >= 15 is 0 Å². The van der Waals surface area contributed by atoms with E-state index in [0.29, 0.717) is 10.2 Å². The molecule has 1 fully saturated rings. The minimum Gasteiger partial charge on any atom is -0.346 e. The maximum Gasteiger partial charge on any atom is 0.133 e. The summed E-state index contributed by atoms with van der Waals surface area (Å²) in [5, 5.41) is 3.73. The van der Waals surface area contributed by atoms with E-state index in [4.69, 9.17) is 28.2 Å². The summed E-state index contributed by atoms with van der Waals surface area (Å²) in [5.41, 5.74) is 6.04. The Hall–Kier alpha value is -2.29. The number of likely N-dealkylation sites (N-methyl/N-ethyl adjacent to an activating group) is 1.